The Morgan fingerprint density at radius 3 is 2.53 bits per heavy atom. The fourth-order valence-corrected chi connectivity index (χ4v) is 1.87. The van der Waals surface area contributed by atoms with Crippen LogP contribution in [0.2, 0.25) is 5.02 Å². The van der Waals surface area contributed by atoms with Gasteiger partial charge < -0.3 is 10.5 Å². The predicted molar refractivity (Wildman–Crippen MR) is 76.2 cm³/mol. The lowest BCUT2D eigenvalue weighted by Gasteiger charge is -2.07. The number of rotatable bonds is 3. The van der Waals surface area contributed by atoms with Gasteiger partial charge >= 0.3 is 5.97 Å². The second-order valence-corrected chi connectivity index (χ2v) is 4.71. The third-order valence-corrected chi connectivity index (χ3v) is 3.02. The monoisotopic (exact) mass is 275 g/mol. The summed E-state index contributed by atoms with van der Waals surface area (Å²) in [4.78, 5) is 11.9. The average molecular weight is 276 g/mol. The Labute approximate surface area is 117 Å². The topological polar surface area (TPSA) is 52.3 Å². The molecule has 2 aromatic rings. The highest BCUT2D eigenvalue weighted by atomic mass is 35.5. The zero-order valence-electron chi connectivity index (χ0n) is 10.5. The summed E-state index contributed by atoms with van der Waals surface area (Å²) in [7, 11) is 0. The number of benzene rings is 2. The highest BCUT2D eigenvalue weighted by molar-refractivity contribution is 6.33. The summed E-state index contributed by atoms with van der Waals surface area (Å²) in [5.41, 5.74) is 8.51. The molecule has 0 bridgehead atoms. The second-order valence-electron chi connectivity index (χ2n) is 4.30. The van der Waals surface area contributed by atoms with Gasteiger partial charge in [-0.1, -0.05) is 41.4 Å². The van der Waals surface area contributed by atoms with Crippen molar-refractivity contribution in [2.45, 2.75) is 13.5 Å². The van der Waals surface area contributed by atoms with E-state index in [1.165, 1.54) is 6.07 Å². The Kier molecular flexibility index (Phi) is 4.07. The molecule has 0 aliphatic rings. The van der Waals surface area contributed by atoms with E-state index in [9.17, 15) is 4.79 Å². The molecule has 0 fully saturated rings. The van der Waals surface area contributed by atoms with E-state index in [0.717, 1.165) is 11.1 Å². The van der Waals surface area contributed by atoms with Crippen LogP contribution in [-0.2, 0) is 11.3 Å². The lowest BCUT2D eigenvalue weighted by Crippen LogP contribution is -2.06. The molecule has 0 saturated carbocycles. The summed E-state index contributed by atoms with van der Waals surface area (Å²) in [6, 6.07) is 12.5. The maximum Gasteiger partial charge on any atom is 0.339 e. The lowest BCUT2D eigenvalue weighted by atomic mass is 10.1. The minimum absolute atomic E-state index is 0.222. The Morgan fingerprint density at radius 2 is 1.89 bits per heavy atom. The Hall–Kier alpha value is -2.00. The van der Waals surface area contributed by atoms with E-state index in [4.69, 9.17) is 22.1 Å². The van der Waals surface area contributed by atoms with Crippen LogP contribution in [0, 0.1) is 6.92 Å². The molecule has 4 heteroatoms. The molecular weight excluding hydrogens is 262 g/mol. The normalized spacial score (nSPS) is 10.2. The van der Waals surface area contributed by atoms with Crippen molar-refractivity contribution in [1.29, 1.82) is 0 Å². The van der Waals surface area contributed by atoms with Gasteiger partial charge in [0.2, 0.25) is 0 Å². The Bertz CT molecular complexity index is 594. The van der Waals surface area contributed by atoms with Gasteiger partial charge in [0.05, 0.1) is 10.6 Å². The molecule has 2 aromatic carbocycles. The maximum atomic E-state index is 11.9. The maximum absolute atomic E-state index is 11.9. The predicted octanol–water partition coefficient (Wildman–Crippen LogP) is 3.59. The molecule has 0 aliphatic heterocycles. The van der Waals surface area contributed by atoms with E-state index in [1.807, 2.05) is 31.2 Å². The highest BCUT2D eigenvalue weighted by Gasteiger charge is 2.11. The van der Waals surface area contributed by atoms with Gasteiger partial charge in [-0.15, -0.1) is 0 Å². The number of hydrogen-bond acceptors (Lipinski definition) is 3. The minimum Gasteiger partial charge on any atom is -0.457 e. The van der Waals surface area contributed by atoms with Gasteiger partial charge in [-0.2, -0.15) is 0 Å². The van der Waals surface area contributed by atoms with Crippen molar-refractivity contribution >= 4 is 23.3 Å². The molecule has 0 atom stereocenters. The minimum atomic E-state index is -0.453. The Morgan fingerprint density at radius 1 is 1.21 bits per heavy atom. The largest absolute Gasteiger partial charge is 0.457 e. The van der Waals surface area contributed by atoms with E-state index in [0.29, 0.717) is 16.3 Å². The zero-order valence-corrected chi connectivity index (χ0v) is 11.3. The number of aryl methyl sites for hydroxylation is 1. The molecule has 0 heterocycles. The zero-order chi connectivity index (χ0) is 13.8. The van der Waals surface area contributed by atoms with E-state index >= 15 is 0 Å². The summed E-state index contributed by atoms with van der Waals surface area (Å²) in [6.45, 7) is 2.23. The smallest absolute Gasteiger partial charge is 0.339 e. The van der Waals surface area contributed by atoms with Gasteiger partial charge in [0.25, 0.3) is 0 Å². The fraction of sp³-hybridized carbons (Fsp3) is 0.133. The number of nitrogens with two attached hydrogens (primary N) is 1. The van der Waals surface area contributed by atoms with Crippen molar-refractivity contribution in [2.24, 2.45) is 0 Å². The first kappa shape index (κ1) is 13.4. The summed E-state index contributed by atoms with van der Waals surface area (Å²) < 4.78 is 5.21. The number of esters is 1. The summed E-state index contributed by atoms with van der Waals surface area (Å²) in [6.07, 6.45) is 0. The van der Waals surface area contributed by atoms with Gasteiger partial charge in [0.1, 0.15) is 6.61 Å². The molecular formula is C15H14ClNO2. The highest BCUT2D eigenvalue weighted by Crippen LogP contribution is 2.20. The SMILES string of the molecule is Cc1ccc(COC(=O)c2ccc(N)cc2Cl)cc1. The first-order valence-corrected chi connectivity index (χ1v) is 6.22. The van der Waals surface area contributed by atoms with Gasteiger partial charge in [0, 0.05) is 5.69 Å². The van der Waals surface area contributed by atoms with Crippen LogP contribution in [0.1, 0.15) is 21.5 Å². The molecule has 3 nitrogen and oxygen atoms in total. The van der Waals surface area contributed by atoms with Crippen molar-refractivity contribution in [1.82, 2.24) is 0 Å². The van der Waals surface area contributed by atoms with Gasteiger partial charge in [-0.3, -0.25) is 0 Å². The molecule has 0 aliphatic carbocycles. The van der Waals surface area contributed by atoms with Crippen LogP contribution in [0.25, 0.3) is 0 Å². The van der Waals surface area contributed by atoms with Crippen molar-refractivity contribution in [2.75, 3.05) is 5.73 Å². The van der Waals surface area contributed by atoms with E-state index < -0.39 is 5.97 Å². The number of ether oxygens (including phenoxy) is 1. The first-order chi connectivity index (χ1) is 9.06. The number of halogens is 1. The van der Waals surface area contributed by atoms with Gasteiger partial charge in [0.15, 0.2) is 0 Å². The van der Waals surface area contributed by atoms with E-state index in [-0.39, 0.29) is 6.61 Å². The first-order valence-electron chi connectivity index (χ1n) is 5.84. The van der Waals surface area contributed by atoms with Crippen LogP contribution in [0.15, 0.2) is 42.5 Å². The molecule has 0 aromatic heterocycles. The van der Waals surface area contributed by atoms with E-state index in [2.05, 4.69) is 0 Å². The number of carbonyl (C=O) groups is 1. The molecule has 2 rings (SSSR count). The van der Waals surface area contributed by atoms with Crippen molar-refractivity contribution in [3.05, 3.63) is 64.2 Å². The number of anilines is 1. The molecule has 0 saturated heterocycles. The third kappa shape index (κ3) is 3.48. The number of carbonyl (C=O) groups excluding carboxylic acids is 1. The molecule has 19 heavy (non-hydrogen) atoms. The molecule has 0 unspecified atom stereocenters. The summed E-state index contributed by atoms with van der Waals surface area (Å²) in [5.74, 6) is -0.453. The fourth-order valence-electron chi connectivity index (χ4n) is 1.61. The standard InChI is InChI=1S/C15H14ClNO2/c1-10-2-4-11(5-3-10)9-19-15(18)13-7-6-12(17)8-14(13)16/h2-8H,9,17H2,1H3. The van der Waals surface area contributed by atoms with Crippen LogP contribution in [0.4, 0.5) is 5.69 Å². The van der Waals surface area contributed by atoms with Crippen LogP contribution >= 0.6 is 11.6 Å². The summed E-state index contributed by atoms with van der Waals surface area (Å²) >= 11 is 5.95. The van der Waals surface area contributed by atoms with Crippen molar-refractivity contribution in [3.63, 3.8) is 0 Å². The molecule has 2 N–H and O–H groups in total. The van der Waals surface area contributed by atoms with Crippen LogP contribution in [0.3, 0.4) is 0 Å². The van der Waals surface area contributed by atoms with Crippen LogP contribution in [0.5, 0.6) is 0 Å². The van der Waals surface area contributed by atoms with E-state index in [1.54, 1.807) is 12.1 Å². The molecule has 0 radical (unpaired) electrons. The summed E-state index contributed by atoms with van der Waals surface area (Å²) in [5, 5.41) is 0.300. The number of nitrogen functional groups attached to an aromatic ring is 1. The molecule has 0 spiro atoms. The quantitative estimate of drug-likeness (QED) is 0.688. The van der Waals surface area contributed by atoms with Gasteiger partial charge in [-0.05, 0) is 30.7 Å². The Balaban J connectivity index is 2.03. The third-order valence-electron chi connectivity index (χ3n) is 2.70. The molecule has 0 amide bonds. The second kappa shape index (κ2) is 5.76. The lowest BCUT2D eigenvalue weighted by molar-refractivity contribution is 0.0473. The molecule has 98 valence electrons. The van der Waals surface area contributed by atoms with Crippen molar-refractivity contribution < 1.29 is 9.53 Å². The van der Waals surface area contributed by atoms with Gasteiger partial charge in [-0.25, -0.2) is 4.79 Å². The van der Waals surface area contributed by atoms with Crippen molar-refractivity contribution in [3.8, 4) is 0 Å². The van der Waals surface area contributed by atoms with Crippen LogP contribution in [-0.4, -0.2) is 5.97 Å². The average Bonchev–Trinajstić information content (AvgIpc) is 2.37. The van der Waals surface area contributed by atoms with Crippen LogP contribution < -0.4 is 5.73 Å². The number of hydrogen-bond donors (Lipinski definition) is 1.